The number of methoxy groups -OCH3 is 1. The van der Waals surface area contributed by atoms with Gasteiger partial charge in [0, 0.05) is 18.9 Å². The molecule has 1 aromatic carbocycles. The van der Waals surface area contributed by atoms with Crippen LogP contribution in [0, 0.1) is 0 Å². The highest BCUT2D eigenvalue weighted by Gasteiger charge is 2.12. The van der Waals surface area contributed by atoms with Crippen molar-refractivity contribution in [1.82, 2.24) is 4.98 Å². The SMILES string of the molecule is COCCOc1ccc(-c2cc[nH]c2C(=O)O)cc1. The number of aromatic nitrogens is 1. The molecule has 2 rings (SSSR count). The normalized spacial score (nSPS) is 10.4. The van der Waals surface area contributed by atoms with Crippen LogP contribution >= 0.6 is 0 Å². The van der Waals surface area contributed by atoms with Crippen molar-refractivity contribution < 1.29 is 19.4 Å². The fourth-order valence-electron chi connectivity index (χ4n) is 1.76. The highest BCUT2D eigenvalue weighted by Crippen LogP contribution is 2.25. The van der Waals surface area contributed by atoms with Gasteiger partial charge >= 0.3 is 5.97 Å². The summed E-state index contributed by atoms with van der Waals surface area (Å²) in [5, 5.41) is 9.04. The number of carbonyl (C=O) groups is 1. The first-order chi connectivity index (χ1) is 9.22. The van der Waals surface area contributed by atoms with Gasteiger partial charge in [-0.1, -0.05) is 12.1 Å². The molecular formula is C14H15NO4. The first-order valence-electron chi connectivity index (χ1n) is 5.85. The van der Waals surface area contributed by atoms with E-state index in [1.807, 2.05) is 24.3 Å². The molecule has 100 valence electrons. The van der Waals surface area contributed by atoms with Crippen LogP contribution in [0.15, 0.2) is 36.5 Å². The summed E-state index contributed by atoms with van der Waals surface area (Å²) >= 11 is 0. The Hall–Kier alpha value is -2.27. The number of benzene rings is 1. The lowest BCUT2D eigenvalue weighted by atomic mass is 10.1. The van der Waals surface area contributed by atoms with Gasteiger partial charge in [0.15, 0.2) is 0 Å². The van der Waals surface area contributed by atoms with Gasteiger partial charge in [-0.15, -0.1) is 0 Å². The highest BCUT2D eigenvalue weighted by molar-refractivity contribution is 5.94. The fraction of sp³-hybridized carbons (Fsp3) is 0.214. The molecule has 2 aromatic rings. The average Bonchev–Trinajstić information content (AvgIpc) is 2.89. The molecule has 5 heteroatoms. The monoisotopic (exact) mass is 261 g/mol. The standard InChI is InChI=1S/C14H15NO4/c1-18-8-9-19-11-4-2-10(3-5-11)12-6-7-15-13(12)14(16)17/h2-7,15H,8-9H2,1H3,(H,16,17). The van der Waals surface area contributed by atoms with Crippen LogP contribution in [-0.2, 0) is 4.74 Å². The van der Waals surface area contributed by atoms with Crippen LogP contribution < -0.4 is 4.74 Å². The molecule has 1 heterocycles. The van der Waals surface area contributed by atoms with E-state index < -0.39 is 5.97 Å². The van der Waals surface area contributed by atoms with Gasteiger partial charge in [0.1, 0.15) is 18.1 Å². The summed E-state index contributed by atoms with van der Waals surface area (Å²) in [6.07, 6.45) is 1.61. The molecule has 0 aliphatic carbocycles. The minimum atomic E-state index is -0.972. The van der Waals surface area contributed by atoms with Gasteiger partial charge in [-0.05, 0) is 23.8 Å². The molecule has 0 unspecified atom stereocenters. The fourth-order valence-corrected chi connectivity index (χ4v) is 1.76. The molecule has 0 bridgehead atoms. The Morgan fingerprint density at radius 1 is 1.21 bits per heavy atom. The Morgan fingerprint density at radius 3 is 2.58 bits per heavy atom. The van der Waals surface area contributed by atoms with Gasteiger partial charge in [-0.3, -0.25) is 0 Å². The second-order valence-electron chi connectivity index (χ2n) is 3.94. The zero-order valence-electron chi connectivity index (χ0n) is 10.6. The van der Waals surface area contributed by atoms with E-state index in [0.717, 1.165) is 11.3 Å². The van der Waals surface area contributed by atoms with Crippen LogP contribution in [0.25, 0.3) is 11.1 Å². The second-order valence-corrected chi connectivity index (χ2v) is 3.94. The Kier molecular flexibility index (Phi) is 4.20. The molecule has 0 saturated heterocycles. The molecule has 0 amide bonds. The van der Waals surface area contributed by atoms with Gasteiger partial charge < -0.3 is 19.6 Å². The van der Waals surface area contributed by atoms with E-state index in [-0.39, 0.29) is 5.69 Å². The van der Waals surface area contributed by atoms with E-state index in [0.29, 0.717) is 18.8 Å². The third-order valence-corrected chi connectivity index (χ3v) is 2.68. The zero-order chi connectivity index (χ0) is 13.7. The molecule has 2 N–H and O–H groups in total. The predicted octanol–water partition coefficient (Wildman–Crippen LogP) is 2.41. The highest BCUT2D eigenvalue weighted by atomic mass is 16.5. The topological polar surface area (TPSA) is 71.5 Å². The molecule has 0 aliphatic heterocycles. The molecule has 5 nitrogen and oxygen atoms in total. The molecule has 0 atom stereocenters. The van der Waals surface area contributed by atoms with Crippen LogP contribution in [0.5, 0.6) is 5.75 Å². The summed E-state index contributed by atoms with van der Waals surface area (Å²) < 4.78 is 10.3. The minimum Gasteiger partial charge on any atom is -0.491 e. The van der Waals surface area contributed by atoms with E-state index >= 15 is 0 Å². The average molecular weight is 261 g/mol. The number of carboxylic acids is 1. The van der Waals surface area contributed by atoms with Crippen LogP contribution in [0.3, 0.4) is 0 Å². The van der Waals surface area contributed by atoms with Crippen molar-refractivity contribution in [2.45, 2.75) is 0 Å². The number of hydrogen-bond acceptors (Lipinski definition) is 3. The van der Waals surface area contributed by atoms with E-state index in [9.17, 15) is 4.79 Å². The lowest BCUT2D eigenvalue weighted by Crippen LogP contribution is -2.04. The first-order valence-corrected chi connectivity index (χ1v) is 5.85. The van der Waals surface area contributed by atoms with E-state index in [1.165, 1.54) is 0 Å². The molecule has 1 aromatic heterocycles. The van der Waals surface area contributed by atoms with Gasteiger partial charge in [0.25, 0.3) is 0 Å². The number of ether oxygens (including phenoxy) is 2. The maximum atomic E-state index is 11.0. The van der Waals surface area contributed by atoms with Crippen molar-refractivity contribution in [2.75, 3.05) is 20.3 Å². The van der Waals surface area contributed by atoms with E-state index in [1.54, 1.807) is 19.4 Å². The maximum absolute atomic E-state index is 11.0. The largest absolute Gasteiger partial charge is 0.491 e. The Labute approximate surface area is 110 Å². The summed E-state index contributed by atoms with van der Waals surface area (Å²) in [5.41, 5.74) is 1.68. The summed E-state index contributed by atoms with van der Waals surface area (Å²) in [6.45, 7) is 1.02. The number of hydrogen-bond donors (Lipinski definition) is 2. The molecule has 0 radical (unpaired) electrons. The molecule has 0 saturated carbocycles. The van der Waals surface area contributed by atoms with Gasteiger partial charge in [0.05, 0.1) is 6.61 Å². The lowest BCUT2D eigenvalue weighted by molar-refractivity contribution is 0.0692. The number of aromatic carboxylic acids is 1. The second kappa shape index (κ2) is 6.06. The van der Waals surface area contributed by atoms with Crippen LogP contribution in [0.4, 0.5) is 0 Å². The summed E-state index contributed by atoms with van der Waals surface area (Å²) in [5.74, 6) is -0.242. The molecule has 0 spiro atoms. The summed E-state index contributed by atoms with van der Waals surface area (Å²) in [7, 11) is 1.62. The van der Waals surface area contributed by atoms with Crippen molar-refractivity contribution in [3.8, 4) is 16.9 Å². The number of carboxylic acid groups (broad SMARTS) is 1. The Balaban J connectivity index is 2.13. The lowest BCUT2D eigenvalue weighted by Gasteiger charge is -2.06. The number of nitrogens with one attached hydrogen (secondary N) is 1. The van der Waals surface area contributed by atoms with Gasteiger partial charge in [0.2, 0.25) is 0 Å². The summed E-state index contributed by atoms with van der Waals surface area (Å²) in [6, 6.07) is 9.02. The molecule has 0 aliphatic rings. The van der Waals surface area contributed by atoms with Crippen molar-refractivity contribution in [3.63, 3.8) is 0 Å². The molecule has 19 heavy (non-hydrogen) atoms. The van der Waals surface area contributed by atoms with Crippen LogP contribution in [0.1, 0.15) is 10.5 Å². The Bertz CT molecular complexity index is 545. The van der Waals surface area contributed by atoms with Gasteiger partial charge in [-0.2, -0.15) is 0 Å². The zero-order valence-corrected chi connectivity index (χ0v) is 10.6. The van der Waals surface area contributed by atoms with Crippen molar-refractivity contribution >= 4 is 5.97 Å². The van der Waals surface area contributed by atoms with Crippen molar-refractivity contribution in [3.05, 3.63) is 42.2 Å². The number of aromatic amines is 1. The predicted molar refractivity (Wildman–Crippen MR) is 70.6 cm³/mol. The molecule has 0 fully saturated rings. The van der Waals surface area contributed by atoms with Crippen molar-refractivity contribution in [2.24, 2.45) is 0 Å². The third-order valence-electron chi connectivity index (χ3n) is 2.68. The first kappa shape index (κ1) is 13.2. The number of H-pyrrole nitrogens is 1. The van der Waals surface area contributed by atoms with Crippen molar-refractivity contribution in [1.29, 1.82) is 0 Å². The summed E-state index contributed by atoms with van der Waals surface area (Å²) in [4.78, 5) is 13.7. The van der Waals surface area contributed by atoms with E-state index in [2.05, 4.69) is 4.98 Å². The maximum Gasteiger partial charge on any atom is 0.352 e. The van der Waals surface area contributed by atoms with Crippen LogP contribution in [0.2, 0.25) is 0 Å². The quantitative estimate of drug-likeness (QED) is 0.783. The molecular weight excluding hydrogens is 246 g/mol. The third kappa shape index (κ3) is 3.14. The minimum absolute atomic E-state index is 0.188. The van der Waals surface area contributed by atoms with E-state index in [4.69, 9.17) is 14.6 Å². The van der Waals surface area contributed by atoms with Gasteiger partial charge in [-0.25, -0.2) is 4.79 Å². The van der Waals surface area contributed by atoms with Crippen LogP contribution in [-0.4, -0.2) is 36.4 Å². The smallest absolute Gasteiger partial charge is 0.352 e. The Morgan fingerprint density at radius 2 is 1.95 bits per heavy atom. The number of rotatable bonds is 6.